The van der Waals surface area contributed by atoms with Gasteiger partial charge in [-0.3, -0.25) is 4.79 Å². The first-order chi connectivity index (χ1) is 13.1. The minimum atomic E-state index is -0.197. The van der Waals surface area contributed by atoms with E-state index < -0.39 is 0 Å². The number of hydrogen-bond acceptors (Lipinski definition) is 10. The Morgan fingerprint density at radius 3 is 2.78 bits per heavy atom. The topological polar surface area (TPSA) is 130 Å². The summed E-state index contributed by atoms with van der Waals surface area (Å²) in [6.45, 7) is 0.283. The number of rotatable bonds is 9. The first-order valence-electron chi connectivity index (χ1n) is 7.84. The van der Waals surface area contributed by atoms with Crippen LogP contribution >= 0.6 is 11.8 Å². The molecule has 3 aromatic rings. The second-order valence-electron chi connectivity index (χ2n) is 5.22. The molecule has 1 amide bonds. The smallest absolute Gasteiger partial charge is 0.246 e. The predicted molar refractivity (Wildman–Crippen MR) is 93.0 cm³/mol. The van der Waals surface area contributed by atoms with Gasteiger partial charge in [0.2, 0.25) is 22.8 Å². The van der Waals surface area contributed by atoms with Gasteiger partial charge in [-0.15, -0.1) is 5.10 Å². The molecule has 0 fully saturated rings. The van der Waals surface area contributed by atoms with Crippen LogP contribution in [0.2, 0.25) is 0 Å². The first-order valence-corrected chi connectivity index (χ1v) is 8.83. The molecule has 12 heteroatoms. The largest absolute Gasteiger partial charge is 0.497 e. The van der Waals surface area contributed by atoms with Crippen LogP contribution in [0.5, 0.6) is 11.5 Å². The summed E-state index contributed by atoms with van der Waals surface area (Å²) in [5, 5.41) is 18.0. The average Bonchev–Trinajstić information content (AvgIpc) is 3.32. The molecule has 3 rings (SSSR count). The molecule has 2 heterocycles. The van der Waals surface area contributed by atoms with Gasteiger partial charge >= 0.3 is 0 Å². The maximum Gasteiger partial charge on any atom is 0.246 e. The van der Waals surface area contributed by atoms with E-state index in [1.807, 2.05) is 0 Å². The molecule has 0 aliphatic carbocycles. The molecule has 0 unspecified atom stereocenters. The van der Waals surface area contributed by atoms with Crippen LogP contribution in [-0.4, -0.2) is 49.1 Å². The van der Waals surface area contributed by atoms with Gasteiger partial charge in [0.15, 0.2) is 6.61 Å². The first kappa shape index (κ1) is 18.6. The summed E-state index contributed by atoms with van der Waals surface area (Å²) < 4.78 is 17.2. The summed E-state index contributed by atoms with van der Waals surface area (Å²) in [7, 11) is 3.30. The van der Waals surface area contributed by atoms with Crippen LogP contribution in [0.1, 0.15) is 11.7 Å². The van der Waals surface area contributed by atoms with Gasteiger partial charge in [-0.2, -0.15) is 4.98 Å². The van der Waals surface area contributed by atoms with Crippen molar-refractivity contribution in [3.8, 4) is 11.5 Å². The van der Waals surface area contributed by atoms with Gasteiger partial charge in [0.25, 0.3) is 0 Å². The number of hydrogen-bond donors (Lipinski definition) is 1. The van der Waals surface area contributed by atoms with E-state index in [4.69, 9.17) is 14.0 Å². The van der Waals surface area contributed by atoms with Gasteiger partial charge < -0.3 is 19.3 Å². The highest BCUT2D eigenvalue weighted by Gasteiger charge is 2.11. The number of methoxy groups -OCH3 is 1. The Kier molecular flexibility index (Phi) is 6.20. The van der Waals surface area contributed by atoms with E-state index in [1.165, 1.54) is 16.4 Å². The molecule has 11 nitrogen and oxygen atoms in total. The Labute approximate surface area is 158 Å². The quantitative estimate of drug-likeness (QED) is 0.517. The lowest BCUT2D eigenvalue weighted by Gasteiger charge is -2.04. The number of thioether (sulfide) groups is 1. The lowest BCUT2D eigenvalue weighted by Crippen LogP contribution is -2.24. The Balaban J connectivity index is 1.40. The highest BCUT2D eigenvalue weighted by molar-refractivity contribution is 7.99. The fourth-order valence-corrected chi connectivity index (χ4v) is 2.62. The standard InChI is InChI=1S/C15H17N7O4S/c1-22-15(18-20-21-22)27-9-13(23)16-7-14-17-12(19-26-14)8-25-11-5-3-10(24-2)4-6-11/h3-6H,7-9H2,1-2H3,(H,16,23). The van der Waals surface area contributed by atoms with Crippen molar-refractivity contribution in [2.45, 2.75) is 18.3 Å². The van der Waals surface area contributed by atoms with E-state index in [2.05, 4.69) is 31.0 Å². The summed E-state index contributed by atoms with van der Waals surface area (Å²) in [6, 6.07) is 7.15. The Morgan fingerprint density at radius 1 is 1.30 bits per heavy atom. The molecule has 1 N–H and O–H groups in total. The van der Waals surface area contributed by atoms with E-state index in [-0.39, 0.29) is 24.8 Å². The van der Waals surface area contributed by atoms with Crippen LogP contribution in [0.15, 0.2) is 33.9 Å². The third-order valence-electron chi connectivity index (χ3n) is 3.29. The number of ether oxygens (including phenoxy) is 2. The molecular formula is C15H17N7O4S. The lowest BCUT2D eigenvalue weighted by molar-refractivity contribution is -0.118. The maximum absolute atomic E-state index is 11.9. The van der Waals surface area contributed by atoms with E-state index in [1.54, 1.807) is 38.4 Å². The zero-order valence-corrected chi connectivity index (χ0v) is 15.5. The van der Waals surface area contributed by atoms with Crippen LogP contribution < -0.4 is 14.8 Å². The number of tetrazole rings is 1. The number of amides is 1. The molecule has 0 spiro atoms. The summed E-state index contributed by atoms with van der Waals surface area (Å²) in [4.78, 5) is 16.0. The van der Waals surface area contributed by atoms with Crippen molar-refractivity contribution in [2.24, 2.45) is 7.05 Å². The molecule has 1 aromatic carbocycles. The molecule has 2 aromatic heterocycles. The normalized spacial score (nSPS) is 10.6. The minimum absolute atomic E-state index is 0.131. The average molecular weight is 391 g/mol. The molecule has 27 heavy (non-hydrogen) atoms. The zero-order valence-electron chi connectivity index (χ0n) is 14.7. The number of carbonyl (C=O) groups is 1. The number of benzene rings is 1. The van der Waals surface area contributed by atoms with Gasteiger partial charge in [0.05, 0.1) is 19.4 Å². The van der Waals surface area contributed by atoms with Crippen molar-refractivity contribution in [3.05, 3.63) is 36.0 Å². The molecule has 0 saturated carbocycles. The molecule has 0 aliphatic rings. The van der Waals surface area contributed by atoms with Crippen LogP contribution in [0.25, 0.3) is 0 Å². The number of carbonyl (C=O) groups excluding carboxylic acids is 1. The summed E-state index contributed by atoms with van der Waals surface area (Å²) >= 11 is 1.23. The molecular weight excluding hydrogens is 374 g/mol. The van der Waals surface area contributed by atoms with Crippen molar-refractivity contribution in [3.63, 3.8) is 0 Å². The van der Waals surface area contributed by atoms with E-state index >= 15 is 0 Å². The third-order valence-corrected chi connectivity index (χ3v) is 4.30. The fraction of sp³-hybridized carbons (Fsp3) is 0.333. The van der Waals surface area contributed by atoms with Crippen molar-refractivity contribution in [1.29, 1.82) is 0 Å². The van der Waals surface area contributed by atoms with Gasteiger partial charge in [-0.1, -0.05) is 16.9 Å². The van der Waals surface area contributed by atoms with Crippen LogP contribution in [-0.2, 0) is 25.0 Å². The Bertz CT molecular complexity index is 880. The SMILES string of the molecule is COc1ccc(OCc2noc(CNC(=O)CSc3nnnn3C)n2)cc1. The monoisotopic (exact) mass is 391 g/mol. The van der Waals surface area contributed by atoms with E-state index in [0.29, 0.717) is 22.6 Å². The van der Waals surface area contributed by atoms with Gasteiger partial charge in [0.1, 0.15) is 11.5 Å². The second kappa shape index (κ2) is 8.98. The highest BCUT2D eigenvalue weighted by atomic mass is 32.2. The van der Waals surface area contributed by atoms with Gasteiger partial charge in [0, 0.05) is 7.05 Å². The maximum atomic E-state index is 11.9. The summed E-state index contributed by atoms with van der Waals surface area (Å²) in [5.41, 5.74) is 0. The highest BCUT2D eigenvalue weighted by Crippen LogP contribution is 2.17. The summed E-state index contributed by atoms with van der Waals surface area (Å²) in [5.74, 6) is 2.06. The predicted octanol–water partition coefficient (Wildman–Crippen LogP) is 0.589. The fourth-order valence-electron chi connectivity index (χ4n) is 1.94. The number of nitrogens with one attached hydrogen (secondary N) is 1. The zero-order chi connectivity index (χ0) is 19.1. The number of nitrogens with zero attached hydrogens (tertiary/aromatic N) is 6. The molecule has 0 atom stereocenters. The summed E-state index contributed by atoms with van der Waals surface area (Å²) in [6.07, 6.45) is 0. The van der Waals surface area contributed by atoms with Crippen molar-refractivity contribution < 1.29 is 18.8 Å². The van der Waals surface area contributed by atoms with Crippen molar-refractivity contribution in [1.82, 2.24) is 35.7 Å². The lowest BCUT2D eigenvalue weighted by atomic mass is 10.3. The number of aryl methyl sites for hydroxylation is 1. The third kappa shape index (κ3) is 5.41. The Hall–Kier alpha value is -3.15. The van der Waals surface area contributed by atoms with E-state index in [0.717, 1.165) is 5.75 Å². The molecule has 0 bridgehead atoms. The molecule has 142 valence electrons. The molecule has 0 radical (unpaired) electrons. The van der Waals surface area contributed by atoms with Crippen LogP contribution in [0, 0.1) is 0 Å². The van der Waals surface area contributed by atoms with Crippen LogP contribution in [0.3, 0.4) is 0 Å². The van der Waals surface area contributed by atoms with Crippen molar-refractivity contribution in [2.75, 3.05) is 12.9 Å². The number of aromatic nitrogens is 6. The van der Waals surface area contributed by atoms with Crippen LogP contribution in [0.4, 0.5) is 0 Å². The van der Waals surface area contributed by atoms with Gasteiger partial charge in [-0.05, 0) is 34.7 Å². The Morgan fingerprint density at radius 2 is 2.07 bits per heavy atom. The molecule has 0 aliphatic heterocycles. The molecule has 0 saturated heterocycles. The van der Waals surface area contributed by atoms with Crippen molar-refractivity contribution >= 4 is 17.7 Å². The van der Waals surface area contributed by atoms with Gasteiger partial charge in [-0.25, -0.2) is 4.68 Å². The van der Waals surface area contributed by atoms with E-state index in [9.17, 15) is 4.79 Å². The minimum Gasteiger partial charge on any atom is -0.497 e. The second-order valence-corrected chi connectivity index (χ2v) is 6.16.